The summed E-state index contributed by atoms with van der Waals surface area (Å²) in [6.45, 7) is 0. The zero-order valence-electron chi connectivity index (χ0n) is 12.1. The Morgan fingerprint density at radius 1 is 0.913 bits per heavy atom. The second-order valence-electron chi connectivity index (χ2n) is 4.78. The van der Waals surface area contributed by atoms with E-state index in [-0.39, 0.29) is 5.69 Å². The first-order chi connectivity index (χ1) is 11.3. The van der Waals surface area contributed by atoms with Crippen LogP contribution in [0.25, 0.3) is 11.3 Å². The molecule has 0 saturated heterocycles. The van der Waals surface area contributed by atoms with Crippen LogP contribution in [0.5, 0.6) is 0 Å². The van der Waals surface area contributed by atoms with Gasteiger partial charge in [-0.3, -0.25) is 4.79 Å². The fraction of sp³-hybridized carbons (Fsp3) is 0. The molecule has 0 spiro atoms. The Hall–Kier alpha value is -3.52. The molecule has 0 atom stereocenters. The van der Waals surface area contributed by atoms with Gasteiger partial charge in [-0.25, -0.2) is 0 Å². The van der Waals surface area contributed by atoms with Gasteiger partial charge < -0.3 is 5.32 Å². The van der Waals surface area contributed by atoms with Crippen molar-refractivity contribution in [2.75, 3.05) is 5.32 Å². The minimum absolute atomic E-state index is 0.192. The van der Waals surface area contributed by atoms with Gasteiger partial charge in [0.15, 0.2) is 5.69 Å². The Morgan fingerprint density at radius 3 is 2.35 bits per heavy atom. The van der Waals surface area contributed by atoms with Gasteiger partial charge in [0.05, 0.1) is 16.9 Å². The van der Waals surface area contributed by atoms with Crippen molar-refractivity contribution in [3.05, 3.63) is 78.0 Å². The number of hydrogen-bond acceptors (Lipinski definition) is 4. The number of nitrogens with zero attached hydrogens (tertiary/aromatic N) is 3. The van der Waals surface area contributed by atoms with Crippen molar-refractivity contribution in [1.29, 1.82) is 5.26 Å². The molecule has 0 aliphatic rings. The first-order valence-electron chi connectivity index (χ1n) is 6.97. The van der Waals surface area contributed by atoms with Gasteiger partial charge in [0, 0.05) is 5.56 Å². The molecule has 3 rings (SSSR count). The van der Waals surface area contributed by atoms with Crippen LogP contribution >= 0.6 is 0 Å². The number of nitrogens with one attached hydrogen (secondary N) is 1. The lowest BCUT2D eigenvalue weighted by molar-refractivity contribution is 0.102. The van der Waals surface area contributed by atoms with E-state index in [1.807, 2.05) is 36.4 Å². The Bertz CT molecular complexity index is 868. The number of benzene rings is 2. The summed E-state index contributed by atoms with van der Waals surface area (Å²) >= 11 is 0. The summed E-state index contributed by atoms with van der Waals surface area (Å²) in [6.07, 6.45) is 0. The average Bonchev–Trinajstić information content (AvgIpc) is 2.63. The molecule has 5 nitrogen and oxygen atoms in total. The highest BCUT2D eigenvalue weighted by Gasteiger charge is 2.11. The van der Waals surface area contributed by atoms with E-state index >= 15 is 0 Å². The van der Waals surface area contributed by atoms with Crippen LogP contribution in [-0.4, -0.2) is 16.1 Å². The van der Waals surface area contributed by atoms with Gasteiger partial charge in [-0.1, -0.05) is 42.5 Å². The topological polar surface area (TPSA) is 78.7 Å². The van der Waals surface area contributed by atoms with Crippen LogP contribution in [0.2, 0.25) is 0 Å². The van der Waals surface area contributed by atoms with Gasteiger partial charge in [0.25, 0.3) is 5.91 Å². The summed E-state index contributed by atoms with van der Waals surface area (Å²) < 4.78 is 0. The number of rotatable bonds is 3. The number of nitriles is 1. The quantitative estimate of drug-likeness (QED) is 0.805. The van der Waals surface area contributed by atoms with Crippen molar-refractivity contribution in [2.24, 2.45) is 0 Å². The third kappa shape index (κ3) is 3.22. The van der Waals surface area contributed by atoms with E-state index in [1.165, 1.54) is 0 Å². The molecule has 1 N–H and O–H groups in total. The number of hydrogen-bond donors (Lipinski definition) is 1. The standard InChI is InChI=1S/C18H12N4O/c19-12-14-8-4-5-9-15(14)20-18(23)17-11-10-16(21-22-17)13-6-2-1-3-7-13/h1-11H,(H,20,23). The fourth-order valence-electron chi connectivity index (χ4n) is 2.09. The molecule has 1 heterocycles. The predicted octanol–water partition coefficient (Wildman–Crippen LogP) is 3.27. The lowest BCUT2D eigenvalue weighted by Crippen LogP contribution is -2.15. The second-order valence-corrected chi connectivity index (χ2v) is 4.78. The highest BCUT2D eigenvalue weighted by Crippen LogP contribution is 2.17. The lowest BCUT2D eigenvalue weighted by atomic mass is 10.1. The number of aromatic nitrogens is 2. The van der Waals surface area contributed by atoms with Crippen LogP contribution in [0, 0.1) is 11.3 Å². The van der Waals surface area contributed by atoms with Crippen LogP contribution in [-0.2, 0) is 0 Å². The summed E-state index contributed by atoms with van der Waals surface area (Å²) in [5.41, 5.74) is 2.67. The maximum atomic E-state index is 12.2. The number of para-hydroxylation sites is 1. The zero-order chi connectivity index (χ0) is 16.1. The Kier molecular flexibility index (Phi) is 4.07. The maximum Gasteiger partial charge on any atom is 0.276 e. The smallest absolute Gasteiger partial charge is 0.276 e. The van der Waals surface area contributed by atoms with Crippen LogP contribution < -0.4 is 5.32 Å². The van der Waals surface area contributed by atoms with E-state index in [0.29, 0.717) is 16.9 Å². The largest absolute Gasteiger partial charge is 0.319 e. The van der Waals surface area contributed by atoms with Gasteiger partial charge in [0.1, 0.15) is 6.07 Å². The maximum absolute atomic E-state index is 12.2. The molecule has 0 bridgehead atoms. The fourth-order valence-corrected chi connectivity index (χ4v) is 2.09. The third-order valence-corrected chi connectivity index (χ3v) is 3.26. The van der Waals surface area contributed by atoms with E-state index in [4.69, 9.17) is 5.26 Å². The molecule has 5 heteroatoms. The Balaban J connectivity index is 1.80. The van der Waals surface area contributed by atoms with Crippen LogP contribution in [0.1, 0.15) is 16.1 Å². The minimum Gasteiger partial charge on any atom is -0.319 e. The molecule has 1 amide bonds. The normalized spacial score (nSPS) is 9.87. The SMILES string of the molecule is N#Cc1ccccc1NC(=O)c1ccc(-c2ccccc2)nn1. The van der Waals surface area contributed by atoms with Gasteiger partial charge in [-0.2, -0.15) is 5.26 Å². The summed E-state index contributed by atoms with van der Waals surface area (Å²) in [5.74, 6) is -0.403. The van der Waals surface area contributed by atoms with Gasteiger partial charge in [-0.05, 0) is 24.3 Å². The molecule has 1 aromatic heterocycles. The minimum atomic E-state index is -0.403. The van der Waals surface area contributed by atoms with E-state index in [9.17, 15) is 4.79 Å². The van der Waals surface area contributed by atoms with Crippen LogP contribution in [0.15, 0.2) is 66.7 Å². The molecule has 0 fully saturated rings. The van der Waals surface area contributed by atoms with Gasteiger partial charge >= 0.3 is 0 Å². The third-order valence-electron chi connectivity index (χ3n) is 3.26. The second kappa shape index (κ2) is 6.50. The molecule has 110 valence electrons. The van der Waals surface area contributed by atoms with E-state index in [2.05, 4.69) is 15.5 Å². The molecule has 0 aliphatic carbocycles. The summed E-state index contributed by atoms with van der Waals surface area (Å²) in [6, 6.07) is 21.8. The highest BCUT2D eigenvalue weighted by molar-refractivity contribution is 6.03. The first kappa shape index (κ1) is 14.4. The molecule has 23 heavy (non-hydrogen) atoms. The van der Waals surface area contributed by atoms with E-state index < -0.39 is 5.91 Å². The van der Waals surface area contributed by atoms with Crippen molar-refractivity contribution < 1.29 is 4.79 Å². The first-order valence-corrected chi connectivity index (χ1v) is 6.97. The number of anilines is 1. The molecule has 0 unspecified atom stereocenters. The van der Waals surface area contributed by atoms with Crippen LogP contribution in [0.4, 0.5) is 5.69 Å². The van der Waals surface area contributed by atoms with E-state index in [0.717, 1.165) is 5.56 Å². The Morgan fingerprint density at radius 2 is 1.65 bits per heavy atom. The summed E-state index contributed by atoms with van der Waals surface area (Å²) in [4.78, 5) is 12.2. The molecule has 0 aliphatic heterocycles. The highest BCUT2D eigenvalue weighted by atomic mass is 16.1. The number of carbonyl (C=O) groups excluding carboxylic acids is 1. The molecule has 0 radical (unpaired) electrons. The summed E-state index contributed by atoms with van der Waals surface area (Å²) in [5, 5.41) is 19.7. The van der Waals surface area contributed by atoms with Crippen LogP contribution in [0.3, 0.4) is 0 Å². The average molecular weight is 300 g/mol. The van der Waals surface area contributed by atoms with Crippen molar-refractivity contribution in [3.63, 3.8) is 0 Å². The molecular formula is C18H12N4O. The van der Waals surface area contributed by atoms with Crippen molar-refractivity contribution in [1.82, 2.24) is 10.2 Å². The van der Waals surface area contributed by atoms with Crippen molar-refractivity contribution in [3.8, 4) is 17.3 Å². The molecule has 2 aromatic carbocycles. The van der Waals surface area contributed by atoms with Crippen molar-refractivity contribution in [2.45, 2.75) is 0 Å². The number of carbonyl (C=O) groups is 1. The van der Waals surface area contributed by atoms with Gasteiger partial charge in [0.2, 0.25) is 0 Å². The monoisotopic (exact) mass is 300 g/mol. The zero-order valence-corrected chi connectivity index (χ0v) is 12.1. The Labute approximate surface area is 133 Å². The molecule has 0 saturated carbocycles. The summed E-state index contributed by atoms with van der Waals surface area (Å²) in [7, 11) is 0. The van der Waals surface area contributed by atoms with E-state index in [1.54, 1.807) is 36.4 Å². The molecular weight excluding hydrogens is 288 g/mol. The molecule has 3 aromatic rings. The number of amides is 1. The lowest BCUT2D eigenvalue weighted by Gasteiger charge is -2.06. The van der Waals surface area contributed by atoms with Crippen molar-refractivity contribution >= 4 is 11.6 Å². The predicted molar refractivity (Wildman–Crippen MR) is 86.6 cm³/mol. The van der Waals surface area contributed by atoms with Gasteiger partial charge in [-0.15, -0.1) is 10.2 Å².